The van der Waals surface area contributed by atoms with Gasteiger partial charge in [-0.1, -0.05) is 18.2 Å². The number of carbonyl (C=O) groups is 1. The summed E-state index contributed by atoms with van der Waals surface area (Å²) in [7, 11) is 0. The number of rotatable bonds is 5. The average Bonchev–Trinajstić information content (AvgIpc) is 3.09. The number of fused-ring (bicyclic) bond motifs is 1. The van der Waals surface area contributed by atoms with E-state index >= 15 is 0 Å². The Hall–Kier alpha value is -1.81. The number of amides is 1. The minimum atomic E-state index is 0.0766. The highest BCUT2D eigenvalue weighted by Gasteiger charge is 2.15. The monoisotopic (exact) mass is 272 g/mol. The van der Waals surface area contributed by atoms with Crippen molar-refractivity contribution in [3.05, 3.63) is 36.0 Å². The topological polar surface area (TPSA) is 54.1 Å². The van der Waals surface area contributed by atoms with E-state index in [0.717, 1.165) is 42.3 Å². The molecule has 1 aliphatic rings. The molecule has 1 aromatic carbocycles. The number of nitrogens with one attached hydrogen (secondary N) is 2. The number of ether oxygens (including phenoxy) is 1. The molecule has 1 saturated heterocycles. The predicted molar refractivity (Wildman–Crippen MR) is 78.6 cm³/mol. The van der Waals surface area contributed by atoms with Gasteiger partial charge in [0.05, 0.1) is 12.5 Å². The lowest BCUT2D eigenvalue weighted by molar-refractivity contribution is -0.120. The minimum absolute atomic E-state index is 0.0766. The molecule has 1 amide bonds. The molecule has 1 fully saturated rings. The van der Waals surface area contributed by atoms with Crippen molar-refractivity contribution in [2.75, 3.05) is 13.2 Å². The minimum Gasteiger partial charge on any atom is -0.378 e. The Morgan fingerprint density at radius 3 is 3.15 bits per heavy atom. The van der Waals surface area contributed by atoms with Gasteiger partial charge in [-0.05, 0) is 30.9 Å². The number of carbonyl (C=O) groups excluding carboxylic acids is 1. The van der Waals surface area contributed by atoms with Crippen LogP contribution in [0, 0.1) is 0 Å². The van der Waals surface area contributed by atoms with Crippen molar-refractivity contribution in [1.29, 1.82) is 0 Å². The third kappa shape index (κ3) is 3.02. The third-order valence-corrected chi connectivity index (χ3v) is 3.84. The van der Waals surface area contributed by atoms with Gasteiger partial charge in [-0.15, -0.1) is 0 Å². The van der Waals surface area contributed by atoms with Crippen LogP contribution in [0.2, 0.25) is 0 Å². The molecule has 2 aromatic rings. The van der Waals surface area contributed by atoms with Gasteiger partial charge >= 0.3 is 0 Å². The molecule has 0 bridgehead atoms. The Morgan fingerprint density at radius 2 is 2.30 bits per heavy atom. The largest absolute Gasteiger partial charge is 0.378 e. The molecule has 0 radical (unpaired) electrons. The van der Waals surface area contributed by atoms with Crippen molar-refractivity contribution in [3.8, 4) is 0 Å². The first kappa shape index (κ1) is 13.2. The van der Waals surface area contributed by atoms with Crippen LogP contribution in [-0.4, -0.2) is 30.1 Å². The quantitative estimate of drug-likeness (QED) is 0.878. The maximum absolute atomic E-state index is 12.0. The lowest BCUT2D eigenvalue weighted by atomic mass is 10.1. The molecule has 1 atom stereocenters. The van der Waals surface area contributed by atoms with E-state index in [1.165, 1.54) is 0 Å². The molecule has 0 spiro atoms. The molecule has 0 unspecified atom stereocenters. The Labute approximate surface area is 118 Å². The molecule has 4 heteroatoms. The maximum Gasteiger partial charge on any atom is 0.224 e. The Balaban J connectivity index is 1.50. The Bertz CT molecular complexity index is 585. The van der Waals surface area contributed by atoms with Gasteiger partial charge in [0.1, 0.15) is 0 Å². The van der Waals surface area contributed by atoms with Crippen LogP contribution in [0.5, 0.6) is 0 Å². The molecular formula is C16H20N2O2. The standard InChI is InChI=1S/C16H20N2O2/c19-16(17-8-7-13-4-3-9-20-13)10-12-11-18-15-6-2-1-5-14(12)15/h1-2,5-6,11,13,18H,3-4,7-10H2,(H,17,19)/t13-/m1/s1. The fourth-order valence-electron chi connectivity index (χ4n) is 2.76. The van der Waals surface area contributed by atoms with Gasteiger partial charge in [0.15, 0.2) is 0 Å². The van der Waals surface area contributed by atoms with Gasteiger partial charge in [-0.25, -0.2) is 0 Å². The third-order valence-electron chi connectivity index (χ3n) is 3.84. The summed E-state index contributed by atoms with van der Waals surface area (Å²) in [6, 6.07) is 8.05. The Kier molecular flexibility index (Phi) is 4.02. The number of aromatic nitrogens is 1. The van der Waals surface area contributed by atoms with Crippen molar-refractivity contribution in [2.24, 2.45) is 0 Å². The van der Waals surface area contributed by atoms with Crippen molar-refractivity contribution in [1.82, 2.24) is 10.3 Å². The van der Waals surface area contributed by atoms with E-state index in [1.54, 1.807) is 0 Å². The average molecular weight is 272 g/mol. The van der Waals surface area contributed by atoms with Crippen molar-refractivity contribution >= 4 is 16.8 Å². The highest BCUT2D eigenvalue weighted by molar-refractivity contribution is 5.88. The van der Waals surface area contributed by atoms with Crippen LogP contribution in [-0.2, 0) is 16.0 Å². The molecule has 4 nitrogen and oxygen atoms in total. The summed E-state index contributed by atoms with van der Waals surface area (Å²) in [5.74, 6) is 0.0766. The summed E-state index contributed by atoms with van der Waals surface area (Å²) < 4.78 is 5.54. The number of aromatic amines is 1. The van der Waals surface area contributed by atoms with Gasteiger partial charge in [0.25, 0.3) is 0 Å². The number of hydrogen-bond acceptors (Lipinski definition) is 2. The zero-order valence-corrected chi connectivity index (χ0v) is 11.5. The predicted octanol–water partition coefficient (Wildman–Crippen LogP) is 2.40. The van der Waals surface area contributed by atoms with Crippen LogP contribution < -0.4 is 5.32 Å². The lowest BCUT2D eigenvalue weighted by Gasteiger charge is -2.09. The van der Waals surface area contributed by atoms with Crippen molar-refractivity contribution < 1.29 is 9.53 Å². The molecule has 0 aliphatic carbocycles. The summed E-state index contributed by atoms with van der Waals surface area (Å²) in [6.07, 6.45) is 5.87. The number of hydrogen-bond donors (Lipinski definition) is 2. The summed E-state index contributed by atoms with van der Waals surface area (Å²) in [5, 5.41) is 4.11. The van der Waals surface area contributed by atoms with E-state index in [2.05, 4.69) is 10.3 Å². The summed E-state index contributed by atoms with van der Waals surface area (Å²) >= 11 is 0. The second-order valence-electron chi connectivity index (χ2n) is 5.31. The van der Waals surface area contributed by atoms with Crippen LogP contribution in [0.3, 0.4) is 0 Å². The van der Waals surface area contributed by atoms with Gasteiger partial charge in [0, 0.05) is 30.3 Å². The van der Waals surface area contributed by atoms with Gasteiger partial charge in [-0.3, -0.25) is 4.79 Å². The molecule has 1 aliphatic heterocycles. The fraction of sp³-hybridized carbons (Fsp3) is 0.438. The second-order valence-corrected chi connectivity index (χ2v) is 5.31. The SMILES string of the molecule is O=C(Cc1c[nH]c2ccccc12)NCC[C@H]1CCCO1. The van der Waals surface area contributed by atoms with Crippen molar-refractivity contribution in [3.63, 3.8) is 0 Å². The van der Waals surface area contributed by atoms with Crippen LogP contribution in [0.25, 0.3) is 10.9 Å². The first-order chi connectivity index (χ1) is 9.83. The smallest absolute Gasteiger partial charge is 0.224 e. The second kappa shape index (κ2) is 6.09. The first-order valence-electron chi connectivity index (χ1n) is 7.26. The maximum atomic E-state index is 12.0. The van der Waals surface area contributed by atoms with Gasteiger partial charge in [0.2, 0.25) is 5.91 Å². The molecule has 20 heavy (non-hydrogen) atoms. The van der Waals surface area contributed by atoms with E-state index in [1.807, 2.05) is 30.5 Å². The molecule has 2 heterocycles. The summed E-state index contributed by atoms with van der Waals surface area (Å²) in [5.41, 5.74) is 2.13. The number of para-hydroxylation sites is 1. The van der Waals surface area contributed by atoms with Crippen molar-refractivity contribution in [2.45, 2.75) is 31.8 Å². The van der Waals surface area contributed by atoms with Crippen LogP contribution in [0.1, 0.15) is 24.8 Å². The molecule has 2 N–H and O–H groups in total. The molecule has 0 saturated carbocycles. The molecule has 1 aromatic heterocycles. The molecule has 106 valence electrons. The van der Waals surface area contributed by atoms with Gasteiger partial charge < -0.3 is 15.0 Å². The molecular weight excluding hydrogens is 252 g/mol. The van der Waals surface area contributed by atoms with E-state index in [0.29, 0.717) is 19.1 Å². The van der Waals surface area contributed by atoms with Crippen LogP contribution in [0.15, 0.2) is 30.5 Å². The normalized spacial score (nSPS) is 18.5. The lowest BCUT2D eigenvalue weighted by Crippen LogP contribution is -2.28. The highest BCUT2D eigenvalue weighted by atomic mass is 16.5. The number of H-pyrrole nitrogens is 1. The van der Waals surface area contributed by atoms with Crippen LogP contribution in [0.4, 0.5) is 0 Å². The Morgan fingerprint density at radius 1 is 1.40 bits per heavy atom. The van der Waals surface area contributed by atoms with E-state index in [-0.39, 0.29) is 5.91 Å². The van der Waals surface area contributed by atoms with E-state index < -0.39 is 0 Å². The van der Waals surface area contributed by atoms with Gasteiger partial charge in [-0.2, -0.15) is 0 Å². The fourth-order valence-corrected chi connectivity index (χ4v) is 2.76. The van der Waals surface area contributed by atoms with E-state index in [9.17, 15) is 4.79 Å². The zero-order chi connectivity index (χ0) is 13.8. The first-order valence-corrected chi connectivity index (χ1v) is 7.26. The molecule has 3 rings (SSSR count). The van der Waals surface area contributed by atoms with E-state index in [4.69, 9.17) is 4.74 Å². The summed E-state index contributed by atoms with van der Waals surface area (Å²) in [4.78, 5) is 15.2. The summed E-state index contributed by atoms with van der Waals surface area (Å²) in [6.45, 7) is 1.57. The highest BCUT2D eigenvalue weighted by Crippen LogP contribution is 2.18. The zero-order valence-electron chi connectivity index (χ0n) is 11.5. The number of benzene rings is 1. The van der Waals surface area contributed by atoms with Crippen LogP contribution >= 0.6 is 0 Å².